The van der Waals surface area contributed by atoms with Crippen LogP contribution in [0.15, 0.2) is 48.5 Å². The Balaban J connectivity index is 1.63. The molecule has 0 aromatic heterocycles. The van der Waals surface area contributed by atoms with Crippen molar-refractivity contribution < 1.29 is 14.3 Å². The van der Waals surface area contributed by atoms with Gasteiger partial charge in [0, 0.05) is 31.7 Å². The molecule has 1 fully saturated rings. The van der Waals surface area contributed by atoms with E-state index in [0.717, 1.165) is 25.2 Å². The van der Waals surface area contributed by atoms with Crippen LogP contribution in [-0.4, -0.2) is 55.1 Å². The third-order valence-corrected chi connectivity index (χ3v) is 5.47. The lowest BCUT2D eigenvalue weighted by molar-refractivity contribution is -0.135. The number of rotatable bonds is 6. The number of nitrogens with zero attached hydrogens (tertiary/aromatic N) is 2. The van der Waals surface area contributed by atoms with E-state index < -0.39 is 0 Å². The lowest BCUT2D eigenvalue weighted by atomic mass is 10.0. The van der Waals surface area contributed by atoms with Crippen molar-refractivity contribution in [3.8, 4) is 11.5 Å². The second-order valence-corrected chi connectivity index (χ2v) is 7.52. The molecule has 0 N–H and O–H groups in total. The molecule has 2 unspecified atom stereocenters. The van der Waals surface area contributed by atoms with E-state index >= 15 is 0 Å². The zero-order chi connectivity index (χ0) is 20.1. The molecule has 0 bridgehead atoms. The lowest BCUT2D eigenvalue weighted by Crippen LogP contribution is -2.57. The maximum absolute atomic E-state index is 12.9. The first-order chi connectivity index (χ1) is 13.5. The van der Waals surface area contributed by atoms with Gasteiger partial charge in [-0.2, -0.15) is 0 Å². The van der Waals surface area contributed by atoms with Crippen LogP contribution >= 0.6 is 0 Å². The van der Waals surface area contributed by atoms with E-state index in [-0.39, 0.29) is 5.91 Å². The largest absolute Gasteiger partial charge is 0.493 e. The molecule has 2 atom stereocenters. The quantitative estimate of drug-likeness (QED) is 0.768. The summed E-state index contributed by atoms with van der Waals surface area (Å²) in [6.07, 6.45) is 0.373. The molecule has 3 rings (SSSR count). The number of hydrogen-bond acceptors (Lipinski definition) is 4. The Morgan fingerprint density at radius 2 is 1.57 bits per heavy atom. The number of amides is 1. The van der Waals surface area contributed by atoms with Gasteiger partial charge in [0.15, 0.2) is 11.5 Å². The highest BCUT2D eigenvalue weighted by Gasteiger charge is 2.31. The molecule has 0 saturated carbocycles. The van der Waals surface area contributed by atoms with Crippen LogP contribution in [0.3, 0.4) is 0 Å². The van der Waals surface area contributed by atoms with Gasteiger partial charge in [-0.25, -0.2) is 0 Å². The van der Waals surface area contributed by atoms with Crippen LogP contribution in [0.4, 0.5) is 0 Å². The van der Waals surface area contributed by atoms with E-state index in [0.29, 0.717) is 30.0 Å². The fourth-order valence-electron chi connectivity index (χ4n) is 3.94. The molecule has 1 aliphatic heterocycles. The van der Waals surface area contributed by atoms with Crippen LogP contribution in [0.2, 0.25) is 0 Å². The Morgan fingerprint density at radius 3 is 2.18 bits per heavy atom. The monoisotopic (exact) mass is 382 g/mol. The Hall–Kier alpha value is -2.53. The fraction of sp³-hybridized carbons (Fsp3) is 0.435. The van der Waals surface area contributed by atoms with Crippen LogP contribution in [0.25, 0.3) is 0 Å². The standard InChI is InChI=1S/C23H30N2O3/c1-17-14-24(15-18(2)25(17)16-19-8-6-5-7-9-19)23(26)13-20-10-11-21(27-3)22(12-20)28-4/h5-12,17-18H,13-16H2,1-4H3. The zero-order valence-electron chi connectivity index (χ0n) is 17.2. The Morgan fingerprint density at radius 1 is 0.929 bits per heavy atom. The summed E-state index contributed by atoms with van der Waals surface area (Å²) < 4.78 is 10.6. The number of hydrogen-bond donors (Lipinski definition) is 0. The maximum Gasteiger partial charge on any atom is 0.227 e. The fourth-order valence-corrected chi connectivity index (χ4v) is 3.94. The molecule has 5 nitrogen and oxygen atoms in total. The molecular weight excluding hydrogens is 352 g/mol. The summed E-state index contributed by atoms with van der Waals surface area (Å²) in [7, 11) is 3.22. The molecule has 5 heteroatoms. The van der Waals surface area contributed by atoms with Gasteiger partial charge < -0.3 is 14.4 Å². The first-order valence-corrected chi connectivity index (χ1v) is 9.80. The predicted molar refractivity (Wildman–Crippen MR) is 111 cm³/mol. The minimum absolute atomic E-state index is 0.158. The van der Waals surface area contributed by atoms with Gasteiger partial charge in [0.05, 0.1) is 20.6 Å². The molecule has 0 radical (unpaired) electrons. The summed E-state index contributed by atoms with van der Waals surface area (Å²) in [5, 5.41) is 0. The lowest BCUT2D eigenvalue weighted by Gasteiger charge is -2.44. The van der Waals surface area contributed by atoms with E-state index in [2.05, 4.69) is 43.0 Å². The molecule has 0 aliphatic carbocycles. The van der Waals surface area contributed by atoms with Crippen LogP contribution in [0, 0.1) is 0 Å². The number of ether oxygens (including phenoxy) is 2. The van der Waals surface area contributed by atoms with Crippen LogP contribution < -0.4 is 9.47 Å². The first kappa shape index (κ1) is 20.2. The van der Waals surface area contributed by atoms with Gasteiger partial charge in [0.2, 0.25) is 5.91 Å². The average molecular weight is 383 g/mol. The molecule has 2 aromatic carbocycles. The molecule has 1 saturated heterocycles. The van der Waals surface area contributed by atoms with E-state index in [1.807, 2.05) is 29.2 Å². The molecular formula is C23H30N2O3. The predicted octanol–water partition coefficient (Wildman–Crippen LogP) is 3.37. The highest BCUT2D eigenvalue weighted by atomic mass is 16.5. The van der Waals surface area contributed by atoms with Gasteiger partial charge in [0.25, 0.3) is 0 Å². The summed E-state index contributed by atoms with van der Waals surface area (Å²) in [6.45, 7) is 6.83. The molecule has 1 heterocycles. The summed E-state index contributed by atoms with van der Waals surface area (Å²) in [4.78, 5) is 17.4. The van der Waals surface area contributed by atoms with Gasteiger partial charge in [-0.3, -0.25) is 9.69 Å². The Bertz CT molecular complexity index is 782. The first-order valence-electron chi connectivity index (χ1n) is 9.80. The van der Waals surface area contributed by atoms with Gasteiger partial charge >= 0.3 is 0 Å². The van der Waals surface area contributed by atoms with Crippen molar-refractivity contribution in [2.75, 3.05) is 27.3 Å². The topological polar surface area (TPSA) is 42.0 Å². The number of carbonyl (C=O) groups is 1. The summed E-state index contributed by atoms with van der Waals surface area (Å²) in [6, 6.07) is 16.8. The molecule has 0 spiro atoms. The third-order valence-electron chi connectivity index (χ3n) is 5.47. The van der Waals surface area contributed by atoms with Gasteiger partial charge in [-0.1, -0.05) is 36.4 Å². The third kappa shape index (κ3) is 4.65. The van der Waals surface area contributed by atoms with Crippen molar-refractivity contribution in [1.82, 2.24) is 9.80 Å². The van der Waals surface area contributed by atoms with Crippen molar-refractivity contribution in [3.05, 3.63) is 59.7 Å². The SMILES string of the molecule is COc1ccc(CC(=O)N2CC(C)N(Cc3ccccc3)C(C)C2)cc1OC. The van der Waals surface area contributed by atoms with Crippen molar-refractivity contribution in [1.29, 1.82) is 0 Å². The number of piperazine rings is 1. The Labute approximate surface area is 167 Å². The summed E-state index contributed by atoms with van der Waals surface area (Å²) in [5.74, 6) is 1.49. The van der Waals surface area contributed by atoms with E-state index in [4.69, 9.17) is 9.47 Å². The molecule has 1 aliphatic rings. The number of methoxy groups -OCH3 is 2. The number of carbonyl (C=O) groups excluding carboxylic acids is 1. The minimum Gasteiger partial charge on any atom is -0.493 e. The van der Waals surface area contributed by atoms with E-state index in [1.54, 1.807) is 14.2 Å². The zero-order valence-corrected chi connectivity index (χ0v) is 17.2. The van der Waals surface area contributed by atoms with Gasteiger partial charge in [0.1, 0.15) is 0 Å². The molecule has 1 amide bonds. The smallest absolute Gasteiger partial charge is 0.227 e. The van der Waals surface area contributed by atoms with Crippen molar-refractivity contribution >= 4 is 5.91 Å². The highest BCUT2D eigenvalue weighted by molar-refractivity contribution is 5.79. The van der Waals surface area contributed by atoms with Crippen LogP contribution in [0.5, 0.6) is 11.5 Å². The highest BCUT2D eigenvalue weighted by Crippen LogP contribution is 2.28. The van der Waals surface area contributed by atoms with Crippen molar-refractivity contribution in [2.45, 2.75) is 38.9 Å². The summed E-state index contributed by atoms with van der Waals surface area (Å²) in [5.41, 5.74) is 2.25. The molecule has 28 heavy (non-hydrogen) atoms. The van der Waals surface area contributed by atoms with Gasteiger partial charge in [-0.05, 0) is 37.1 Å². The van der Waals surface area contributed by atoms with Crippen LogP contribution in [0.1, 0.15) is 25.0 Å². The normalized spacial score (nSPS) is 20.1. The minimum atomic E-state index is 0.158. The van der Waals surface area contributed by atoms with E-state index in [9.17, 15) is 4.79 Å². The average Bonchev–Trinajstić information content (AvgIpc) is 2.71. The Kier molecular flexibility index (Phi) is 6.57. The summed E-state index contributed by atoms with van der Waals surface area (Å²) >= 11 is 0. The second-order valence-electron chi connectivity index (χ2n) is 7.52. The molecule has 2 aromatic rings. The van der Waals surface area contributed by atoms with Crippen LogP contribution in [-0.2, 0) is 17.8 Å². The van der Waals surface area contributed by atoms with E-state index in [1.165, 1.54) is 5.56 Å². The van der Waals surface area contributed by atoms with Crippen molar-refractivity contribution in [3.63, 3.8) is 0 Å². The number of benzene rings is 2. The van der Waals surface area contributed by atoms with Gasteiger partial charge in [-0.15, -0.1) is 0 Å². The second kappa shape index (κ2) is 9.11. The van der Waals surface area contributed by atoms with Crippen molar-refractivity contribution in [2.24, 2.45) is 0 Å². The molecule has 150 valence electrons. The maximum atomic E-state index is 12.9.